The molecule has 0 spiro atoms. The fraction of sp³-hybridized carbons (Fsp3) is 0.400. The maximum atomic E-state index is 11.7. The average Bonchev–Trinajstić information content (AvgIpc) is 2.40. The molecule has 1 unspecified atom stereocenters. The van der Waals surface area contributed by atoms with Gasteiger partial charge in [0, 0.05) is 25.5 Å². The molecule has 0 saturated carbocycles. The highest BCUT2D eigenvalue weighted by Crippen LogP contribution is 2.11. The van der Waals surface area contributed by atoms with Crippen molar-refractivity contribution in [3.05, 3.63) is 30.1 Å². The van der Waals surface area contributed by atoms with Crippen LogP contribution in [-0.4, -0.2) is 44.5 Å². The van der Waals surface area contributed by atoms with Crippen molar-refractivity contribution >= 4 is 16.1 Å². The van der Waals surface area contributed by atoms with E-state index in [1.165, 1.54) is 24.5 Å². The summed E-state index contributed by atoms with van der Waals surface area (Å²) >= 11 is 0. The molecule has 0 bridgehead atoms. The van der Waals surface area contributed by atoms with E-state index in [1.807, 2.05) is 0 Å². The van der Waals surface area contributed by atoms with Gasteiger partial charge in [0.05, 0.1) is 12.2 Å². The number of aromatic nitrogens is 1. The second kappa shape index (κ2) is 5.42. The van der Waals surface area contributed by atoms with Crippen molar-refractivity contribution in [2.24, 2.45) is 0 Å². The first-order valence-electron chi connectivity index (χ1n) is 5.29. The molecule has 7 nitrogen and oxygen atoms in total. The lowest BCUT2D eigenvalue weighted by molar-refractivity contribution is 0.0590. The summed E-state index contributed by atoms with van der Waals surface area (Å²) in [6.07, 6.45) is 2.71. The summed E-state index contributed by atoms with van der Waals surface area (Å²) in [4.78, 5) is 15.3. The lowest BCUT2D eigenvalue weighted by Crippen LogP contribution is -2.44. The van der Waals surface area contributed by atoms with Crippen LogP contribution >= 0.6 is 0 Å². The Morgan fingerprint density at radius 1 is 1.56 bits per heavy atom. The van der Waals surface area contributed by atoms with Crippen LogP contribution in [0.5, 0.6) is 0 Å². The molecule has 1 aliphatic rings. The van der Waals surface area contributed by atoms with Crippen molar-refractivity contribution in [2.75, 3.05) is 19.7 Å². The van der Waals surface area contributed by atoms with E-state index in [0.717, 1.165) is 0 Å². The van der Waals surface area contributed by atoms with Gasteiger partial charge < -0.3 is 14.2 Å². The predicted molar refractivity (Wildman–Crippen MR) is 61.2 cm³/mol. The first-order chi connectivity index (χ1) is 8.59. The normalized spacial score (nSPS) is 20.3. The Hall–Kier alpha value is -1.51. The number of carbonyl (C=O) groups excluding carboxylic acids is 1. The van der Waals surface area contributed by atoms with Gasteiger partial charge in [-0.2, -0.15) is 8.42 Å². The molecule has 0 aromatic carbocycles. The van der Waals surface area contributed by atoms with E-state index in [0.29, 0.717) is 6.54 Å². The number of hydrogen-bond donors (Lipinski definition) is 1. The zero-order valence-electron chi connectivity index (χ0n) is 9.40. The van der Waals surface area contributed by atoms with E-state index in [2.05, 4.69) is 14.5 Å². The van der Waals surface area contributed by atoms with Gasteiger partial charge in [0.2, 0.25) is 5.44 Å². The molecule has 1 saturated heterocycles. The van der Waals surface area contributed by atoms with Gasteiger partial charge in [0.15, 0.2) is 0 Å². The Morgan fingerprint density at radius 3 is 3.00 bits per heavy atom. The van der Waals surface area contributed by atoms with E-state index in [9.17, 15) is 13.2 Å². The van der Waals surface area contributed by atoms with Crippen LogP contribution in [0, 0.1) is 0 Å². The first kappa shape index (κ1) is 12.9. The second-order valence-electron chi connectivity index (χ2n) is 3.61. The topological polar surface area (TPSA) is 94.6 Å². The van der Waals surface area contributed by atoms with Crippen molar-refractivity contribution < 1.29 is 22.1 Å². The third kappa shape index (κ3) is 3.03. The number of nitrogens with zero attached hydrogens (tertiary/aromatic N) is 1. The Morgan fingerprint density at radius 2 is 2.39 bits per heavy atom. The maximum Gasteiger partial charge on any atom is 0.355 e. The Labute approximate surface area is 104 Å². The number of hydrogen-bond acceptors (Lipinski definition) is 7. The molecule has 1 fully saturated rings. The van der Waals surface area contributed by atoms with Crippen LogP contribution in [0.3, 0.4) is 0 Å². The number of nitrogens with one attached hydrogen (secondary N) is 1. The summed E-state index contributed by atoms with van der Waals surface area (Å²) in [6, 6.07) is 2.94. The van der Waals surface area contributed by atoms with Crippen molar-refractivity contribution in [3.8, 4) is 0 Å². The molecular formula is C10H12N2O5S. The molecule has 0 amide bonds. The highest BCUT2D eigenvalue weighted by atomic mass is 32.2. The Kier molecular flexibility index (Phi) is 3.90. The van der Waals surface area contributed by atoms with Crippen molar-refractivity contribution in [1.29, 1.82) is 0 Å². The molecule has 8 heteroatoms. The molecule has 98 valence electrons. The molecule has 0 aliphatic carbocycles. The van der Waals surface area contributed by atoms with Gasteiger partial charge in [-0.15, -0.1) is 0 Å². The summed E-state index contributed by atoms with van der Waals surface area (Å²) in [5.74, 6) is -0.961. The summed E-state index contributed by atoms with van der Waals surface area (Å²) < 4.78 is 33.0. The predicted octanol–water partition coefficient (Wildman–Crippen LogP) is -0.486. The zero-order chi connectivity index (χ0) is 13.0. The van der Waals surface area contributed by atoms with Gasteiger partial charge in [-0.3, -0.25) is 4.98 Å². The lowest BCUT2D eigenvalue weighted by Gasteiger charge is -2.22. The fourth-order valence-corrected chi connectivity index (χ4v) is 2.42. The number of pyridine rings is 1. The minimum absolute atomic E-state index is 0.0739. The largest absolute Gasteiger partial charge is 0.356 e. The van der Waals surface area contributed by atoms with Gasteiger partial charge in [-0.25, -0.2) is 4.79 Å². The molecule has 2 rings (SSSR count). The van der Waals surface area contributed by atoms with E-state index in [1.54, 1.807) is 0 Å². The zero-order valence-corrected chi connectivity index (χ0v) is 10.2. The van der Waals surface area contributed by atoms with Gasteiger partial charge >= 0.3 is 16.1 Å². The fourth-order valence-electron chi connectivity index (χ4n) is 1.42. The standard InChI is InChI=1S/C10H12N2O5S/c13-10(8-2-1-3-11-6-8)17-18(14,15)9-7-12-4-5-16-9/h1-3,6,9,12H,4-5,7H2. The molecule has 1 aromatic rings. The summed E-state index contributed by atoms with van der Waals surface area (Å²) in [5.41, 5.74) is -1.09. The SMILES string of the molecule is O=C(OS(=O)(=O)C1CNCCO1)c1cccnc1. The van der Waals surface area contributed by atoms with Crippen LogP contribution in [0.4, 0.5) is 0 Å². The summed E-state index contributed by atoms with van der Waals surface area (Å²) in [6.45, 7) is 0.930. The Balaban J connectivity index is 2.06. The van der Waals surface area contributed by atoms with Gasteiger partial charge in [0.25, 0.3) is 0 Å². The van der Waals surface area contributed by atoms with Crippen molar-refractivity contribution in [1.82, 2.24) is 10.3 Å². The van der Waals surface area contributed by atoms with Crippen LogP contribution in [0.25, 0.3) is 0 Å². The quantitative estimate of drug-likeness (QED) is 0.742. The van der Waals surface area contributed by atoms with E-state index in [4.69, 9.17) is 4.74 Å². The van der Waals surface area contributed by atoms with Gasteiger partial charge in [0.1, 0.15) is 0 Å². The third-order valence-electron chi connectivity index (χ3n) is 2.30. The second-order valence-corrected chi connectivity index (χ2v) is 5.29. The number of morpholine rings is 1. The number of carbonyl (C=O) groups is 1. The summed E-state index contributed by atoms with van der Waals surface area (Å²) in [5, 5.41) is 2.85. The summed E-state index contributed by atoms with van der Waals surface area (Å²) in [7, 11) is -4.09. The van der Waals surface area contributed by atoms with Gasteiger partial charge in [-0.1, -0.05) is 0 Å². The molecule has 0 radical (unpaired) electrons. The van der Waals surface area contributed by atoms with Crippen LogP contribution in [0.1, 0.15) is 10.4 Å². The monoisotopic (exact) mass is 272 g/mol. The van der Waals surface area contributed by atoms with Crippen LogP contribution in [0.2, 0.25) is 0 Å². The van der Waals surface area contributed by atoms with E-state index < -0.39 is 21.5 Å². The molecule has 1 N–H and O–H groups in total. The molecule has 18 heavy (non-hydrogen) atoms. The molecular weight excluding hydrogens is 260 g/mol. The minimum Gasteiger partial charge on any atom is -0.356 e. The molecule has 1 aromatic heterocycles. The van der Waals surface area contributed by atoms with Crippen LogP contribution in [-0.2, 0) is 19.0 Å². The maximum absolute atomic E-state index is 11.7. The van der Waals surface area contributed by atoms with E-state index >= 15 is 0 Å². The lowest BCUT2D eigenvalue weighted by atomic mass is 10.3. The number of ether oxygens (including phenoxy) is 1. The smallest absolute Gasteiger partial charge is 0.355 e. The molecule has 1 aliphatic heterocycles. The van der Waals surface area contributed by atoms with Crippen LogP contribution in [0.15, 0.2) is 24.5 Å². The minimum atomic E-state index is -4.09. The van der Waals surface area contributed by atoms with Crippen molar-refractivity contribution in [3.63, 3.8) is 0 Å². The highest BCUT2D eigenvalue weighted by Gasteiger charge is 2.32. The van der Waals surface area contributed by atoms with Gasteiger partial charge in [-0.05, 0) is 12.1 Å². The average molecular weight is 272 g/mol. The Bertz CT molecular complexity index is 510. The number of rotatable bonds is 3. The van der Waals surface area contributed by atoms with Crippen LogP contribution < -0.4 is 5.32 Å². The third-order valence-corrected chi connectivity index (χ3v) is 3.64. The highest BCUT2D eigenvalue weighted by molar-refractivity contribution is 7.87. The van der Waals surface area contributed by atoms with Crippen molar-refractivity contribution in [2.45, 2.75) is 5.44 Å². The molecule has 2 heterocycles. The first-order valence-corrected chi connectivity index (χ1v) is 6.77. The van der Waals surface area contributed by atoms with E-state index in [-0.39, 0.29) is 18.7 Å². The molecule has 1 atom stereocenters.